The first kappa shape index (κ1) is 16.3. The van der Waals surface area contributed by atoms with Gasteiger partial charge in [0.05, 0.1) is 11.0 Å². The second-order valence-electron chi connectivity index (χ2n) is 3.98. The first-order valence-electron chi connectivity index (χ1n) is 5.32. The summed E-state index contributed by atoms with van der Waals surface area (Å²) in [6.07, 6.45) is -0.580. The van der Waals surface area contributed by atoms with Gasteiger partial charge < -0.3 is 5.11 Å². The minimum Gasteiger partial charge on any atom is -0.392 e. The summed E-state index contributed by atoms with van der Waals surface area (Å²) in [5, 5.41) is 9.16. The Morgan fingerprint density at radius 2 is 1.63 bits per heavy atom. The summed E-state index contributed by atoms with van der Waals surface area (Å²) < 4.78 is 59.2. The molecule has 2 unspecified atom stereocenters. The quantitative estimate of drug-likeness (QED) is 0.868. The highest BCUT2D eigenvalue weighted by Gasteiger charge is 2.46. The van der Waals surface area contributed by atoms with Gasteiger partial charge in [0.2, 0.25) is 0 Å². The fraction of sp³-hybridized carbons (Fsp3) is 0.455. The Kier molecular flexibility index (Phi) is 4.91. The molecular formula is C11H13F3O3S2. The number of benzene rings is 1. The lowest BCUT2D eigenvalue weighted by Crippen LogP contribution is -2.23. The fourth-order valence-electron chi connectivity index (χ4n) is 1.14. The highest BCUT2D eigenvalue weighted by atomic mass is 32.2. The van der Waals surface area contributed by atoms with Crippen LogP contribution in [0.15, 0.2) is 34.1 Å². The maximum absolute atomic E-state index is 12.3. The van der Waals surface area contributed by atoms with E-state index in [0.29, 0.717) is 4.90 Å². The number of hydrogen-bond acceptors (Lipinski definition) is 4. The molecule has 0 aliphatic heterocycles. The molecule has 0 aliphatic rings. The van der Waals surface area contributed by atoms with Crippen LogP contribution >= 0.6 is 11.8 Å². The highest BCUT2D eigenvalue weighted by molar-refractivity contribution is 8.00. The lowest BCUT2D eigenvalue weighted by Gasteiger charge is -2.14. The third-order valence-electron chi connectivity index (χ3n) is 2.44. The monoisotopic (exact) mass is 314 g/mol. The van der Waals surface area contributed by atoms with Crippen molar-refractivity contribution in [1.82, 2.24) is 0 Å². The zero-order valence-corrected chi connectivity index (χ0v) is 11.8. The van der Waals surface area contributed by atoms with Gasteiger partial charge in [0.15, 0.2) is 0 Å². The Morgan fingerprint density at radius 3 is 2.00 bits per heavy atom. The van der Waals surface area contributed by atoms with Crippen LogP contribution in [0.5, 0.6) is 0 Å². The largest absolute Gasteiger partial charge is 0.501 e. The molecule has 0 saturated heterocycles. The number of hydrogen-bond donors (Lipinski definition) is 1. The molecule has 8 heteroatoms. The van der Waals surface area contributed by atoms with Crippen LogP contribution in [0.3, 0.4) is 0 Å². The topological polar surface area (TPSA) is 54.4 Å². The molecular weight excluding hydrogens is 301 g/mol. The van der Waals surface area contributed by atoms with Crippen LogP contribution in [0.4, 0.5) is 13.2 Å². The number of rotatable bonds is 4. The van der Waals surface area contributed by atoms with Gasteiger partial charge in [-0.3, -0.25) is 0 Å². The Bertz CT molecular complexity index is 521. The summed E-state index contributed by atoms with van der Waals surface area (Å²) in [5.74, 6) is 0. The molecule has 0 aliphatic carbocycles. The van der Waals surface area contributed by atoms with Gasteiger partial charge in [-0.2, -0.15) is 13.2 Å². The molecule has 108 valence electrons. The summed E-state index contributed by atoms with van der Waals surface area (Å²) >= 11 is 1.25. The smallest absolute Gasteiger partial charge is 0.392 e. The van der Waals surface area contributed by atoms with Gasteiger partial charge in [-0.05, 0) is 31.2 Å². The molecule has 0 radical (unpaired) electrons. The van der Waals surface area contributed by atoms with Gasteiger partial charge in [-0.1, -0.05) is 6.92 Å². The Morgan fingerprint density at radius 1 is 1.16 bits per heavy atom. The van der Waals surface area contributed by atoms with Crippen molar-refractivity contribution in [3.05, 3.63) is 24.3 Å². The molecule has 2 atom stereocenters. The number of aliphatic hydroxyl groups excluding tert-OH is 1. The number of thioether (sulfide) groups is 1. The van der Waals surface area contributed by atoms with E-state index < -0.39 is 26.3 Å². The van der Waals surface area contributed by atoms with Crippen LogP contribution in [0.1, 0.15) is 13.8 Å². The SMILES string of the molecule is CC(O)C(C)Sc1ccc(S(=O)(=O)C(F)(F)F)cc1. The molecule has 3 nitrogen and oxygen atoms in total. The van der Waals surface area contributed by atoms with Crippen molar-refractivity contribution in [3.63, 3.8) is 0 Å². The molecule has 1 rings (SSSR count). The first-order valence-corrected chi connectivity index (χ1v) is 7.68. The molecule has 19 heavy (non-hydrogen) atoms. The number of sulfone groups is 1. The van der Waals surface area contributed by atoms with Gasteiger partial charge in [0.1, 0.15) is 0 Å². The molecule has 1 N–H and O–H groups in total. The van der Waals surface area contributed by atoms with Crippen molar-refractivity contribution in [3.8, 4) is 0 Å². The van der Waals surface area contributed by atoms with Crippen molar-refractivity contribution in [2.45, 2.75) is 40.5 Å². The predicted molar refractivity (Wildman–Crippen MR) is 66.7 cm³/mol. The predicted octanol–water partition coefficient (Wildman–Crippen LogP) is 2.84. The molecule has 0 heterocycles. The van der Waals surface area contributed by atoms with Gasteiger partial charge in [-0.15, -0.1) is 11.8 Å². The molecule has 0 spiro atoms. The van der Waals surface area contributed by atoms with Crippen molar-refractivity contribution < 1.29 is 26.7 Å². The maximum Gasteiger partial charge on any atom is 0.501 e. The van der Waals surface area contributed by atoms with Crippen LogP contribution in [-0.2, 0) is 9.84 Å². The molecule has 0 aromatic heterocycles. The molecule has 0 saturated carbocycles. The molecule has 1 aromatic carbocycles. The van der Waals surface area contributed by atoms with Crippen molar-refractivity contribution in [2.24, 2.45) is 0 Å². The molecule has 1 aromatic rings. The van der Waals surface area contributed by atoms with Crippen molar-refractivity contribution in [1.29, 1.82) is 0 Å². The summed E-state index contributed by atoms with van der Waals surface area (Å²) in [6.45, 7) is 3.36. The Hall–Kier alpha value is -0.730. The van der Waals surface area contributed by atoms with Gasteiger partial charge in [0, 0.05) is 10.1 Å². The lowest BCUT2D eigenvalue weighted by atomic mass is 10.3. The van der Waals surface area contributed by atoms with Crippen LogP contribution in [0, 0.1) is 0 Å². The van der Waals surface area contributed by atoms with E-state index in [1.54, 1.807) is 13.8 Å². The van der Waals surface area contributed by atoms with Gasteiger partial charge in [-0.25, -0.2) is 8.42 Å². The summed E-state index contributed by atoms with van der Waals surface area (Å²) in [7, 11) is -5.30. The maximum atomic E-state index is 12.3. The molecule has 0 fully saturated rings. The van der Waals surface area contributed by atoms with Crippen LogP contribution in [-0.4, -0.2) is 30.4 Å². The second-order valence-corrected chi connectivity index (χ2v) is 7.38. The van der Waals surface area contributed by atoms with Crippen molar-refractivity contribution >= 4 is 21.6 Å². The summed E-state index contributed by atoms with van der Waals surface area (Å²) in [4.78, 5) is -0.191. The van der Waals surface area contributed by atoms with Crippen molar-refractivity contribution in [2.75, 3.05) is 0 Å². The highest BCUT2D eigenvalue weighted by Crippen LogP contribution is 2.32. The standard InChI is InChI=1S/C11H13F3O3S2/c1-7(15)8(2)18-9-3-5-10(6-4-9)19(16,17)11(12,13)14/h3-8,15H,1-2H3. The molecule has 0 bridgehead atoms. The van der Waals surface area contributed by atoms with E-state index in [1.807, 2.05) is 0 Å². The summed E-state index contributed by atoms with van der Waals surface area (Å²) in [6, 6.07) is 4.42. The Balaban J connectivity index is 2.95. The van der Waals surface area contributed by atoms with Crippen LogP contribution < -0.4 is 0 Å². The number of halogens is 3. The van der Waals surface area contributed by atoms with E-state index in [1.165, 1.54) is 23.9 Å². The average Bonchev–Trinajstić information content (AvgIpc) is 2.28. The van der Waals surface area contributed by atoms with E-state index in [2.05, 4.69) is 0 Å². The lowest BCUT2D eigenvalue weighted by molar-refractivity contribution is -0.0436. The minimum absolute atomic E-state index is 0.148. The van der Waals surface area contributed by atoms with Gasteiger partial charge >= 0.3 is 5.51 Å². The number of alkyl halides is 3. The van der Waals surface area contributed by atoms with E-state index in [9.17, 15) is 26.7 Å². The van der Waals surface area contributed by atoms with E-state index in [0.717, 1.165) is 12.1 Å². The Labute approximate surface area is 113 Å². The fourth-order valence-corrected chi connectivity index (χ4v) is 2.83. The minimum atomic E-state index is -5.30. The van der Waals surface area contributed by atoms with Gasteiger partial charge in [0.25, 0.3) is 9.84 Å². The van der Waals surface area contributed by atoms with E-state index >= 15 is 0 Å². The van der Waals surface area contributed by atoms with E-state index in [-0.39, 0.29) is 5.25 Å². The molecule has 0 amide bonds. The van der Waals surface area contributed by atoms with Crippen LogP contribution in [0.25, 0.3) is 0 Å². The average molecular weight is 314 g/mol. The second kappa shape index (κ2) is 5.72. The van der Waals surface area contributed by atoms with Crippen LogP contribution in [0.2, 0.25) is 0 Å². The summed E-state index contributed by atoms with van der Waals surface area (Å²) in [5.41, 5.74) is -5.30. The zero-order valence-electron chi connectivity index (χ0n) is 10.2. The third kappa shape index (κ3) is 3.87. The van der Waals surface area contributed by atoms with E-state index in [4.69, 9.17) is 0 Å². The normalized spacial score (nSPS) is 16.1. The zero-order chi connectivity index (χ0) is 14.8. The first-order chi connectivity index (χ1) is 8.55. The number of aliphatic hydroxyl groups is 1. The third-order valence-corrected chi connectivity index (χ3v) is 5.25.